The molecule has 1 unspecified atom stereocenters. The summed E-state index contributed by atoms with van der Waals surface area (Å²) in [5, 5.41) is 3.48. The van der Waals surface area contributed by atoms with Gasteiger partial charge in [-0.2, -0.15) is 0 Å². The molecule has 1 aromatic carbocycles. The van der Waals surface area contributed by atoms with Crippen molar-refractivity contribution in [3.63, 3.8) is 0 Å². The molecule has 0 radical (unpaired) electrons. The van der Waals surface area contributed by atoms with Crippen LogP contribution in [0.25, 0.3) is 0 Å². The number of ether oxygens (including phenoxy) is 1. The van der Waals surface area contributed by atoms with Crippen molar-refractivity contribution >= 4 is 27.7 Å². The van der Waals surface area contributed by atoms with Crippen molar-refractivity contribution in [1.29, 1.82) is 0 Å². The summed E-state index contributed by atoms with van der Waals surface area (Å²) in [6.45, 7) is 9.15. The van der Waals surface area contributed by atoms with Crippen LogP contribution < -0.4 is 5.32 Å². The molecular weight excluding hydrogens is 332 g/mol. The highest BCUT2D eigenvalue weighted by molar-refractivity contribution is 9.10. The van der Waals surface area contributed by atoms with Crippen LogP contribution in [0.1, 0.15) is 32.8 Å². The average Bonchev–Trinajstić information content (AvgIpc) is 2.80. The number of likely N-dealkylation sites (tertiary alicyclic amines) is 1. The van der Waals surface area contributed by atoms with E-state index in [4.69, 9.17) is 4.74 Å². The summed E-state index contributed by atoms with van der Waals surface area (Å²) in [7, 11) is 0. The van der Waals surface area contributed by atoms with Gasteiger partial charge in [-0.3, -0.25) is 0 Å². The van der Waals surface area contributed by atoms with Crippen molar-refractivity contribution in [2.45, 2.75) is 45.8 Å². The van der Waals surface area contributed by atoms with Crippen LogP contribution in [0.3, 0.4) is 0 Å². The topological polar surface area (TPSA) is 41.6 Å². The number of nitrogens with zero attached hydrogens (tertiary/aromatic N) is 1. The summed E-state index contributed by atoms with van der Waals surface area (Å²) in [4.78, 5) is 13.8. The lowest BCUT2D eigenvalue weighted by molar-refractivity contribution is 0.0293. The molecule has 1 aromatic rings. The number of rotatable bonds is 2. The fraction of sp³-hybridized carbons (Fsp3) is 0.562. The first-order valence-corrected chi connectivity index (χ1v) is 8.04. The van der Waals surface area contributed by atoms with E-state index in [1.54, 1.807) is 4.90 Å². The molecule has 0 saturated carbocycles. The Balaban J connectivity index is 1.90. The zero-order valence-corrected chi connectivity index (χ0v) is 14.7. The fourth-order valence-corrected chi connectivity index (χ4v) is 2.67. The molecule has 0 bridgehead atoms. The summed E-state index contributed by atoms with van der Waals surface area (Å²) in [5.74, 6) is 0. The molecule has 5 heteroatoms. The van der Waals surface area contributed by atoms with Crippen LogP contribution in [-0.4, -0.2) is 35.7 Å². The lowest BCUT2D eigenvalue weighted by Crippen LogP contribution is -2.36. The molecule has 1 atom stereocenters. The minimum absolute atomic E-state index is 0.225. The SMILES string of the molecule is Cc1ccc(NC2CCN(C(=O)OC(C)(C)C)C2)cc1Br. The second-order valence-electron chi connectivity index (χ2n) is 6.52. The molecular formula is C16H23BrN2O2. The number of aryl methyl sites for hydroxylation is 1. The lowest BCUT2D eigenvalue weighted by atomic mass is 10.2. The van der Waals surface area contributed by atoms with Crippen LogP contribution in [0.2, 0.25) is 0 Å². The van der Waals surface area contributed by atoms with Crippen molar-refractivity contribution in [2.75, 3.05) is 18.4 Å². The fourth-order valence-electron chi connectivity index (χ4n) is 2.29. The maximum Gasteiger partial charge on any atom is 0.410 e. The number of halogens is 1. The Bertz CT molecular complexity index is 525. The van der Waals surface area contributed by atoms with Gasteiger partial charge in [0.1, 0.15) is 5.60 Å². The standard InChI is InChI=1S/C16H23BrN2O2/c1-11-5-6-12(9-14(11)17)18-13-7-8-19(10-13)15(20)21-16(2,3)4/h5-6,9,13,18H,7-8,10H2,1-4H3. The first kappa shape index (κ1) is 16.1. The molecule has 0 aromatic heterocycles. The summed E-state index contributed by atoms with van der Waals surface area (Å²) < 4.78 is 6.50. The molecule has 1 saturated heterocycles. The number of amides is 1. The number of carbonyl (C=O) groups is 1. The molecule has 1 fully saturated rings. The number of nitrogens with one attached hydrogen (secondary N) is 1. The van der Waals surface area contributed by atoms with Gasteiger partial charge in [-0.1, -0.05) is 22.0 Å². The first-order chi connectivity index (χ1) is 9.74. The van der Waals surface area contributed by atoms with E-state index >= 15 is 0 Å². The van der Waals surface area contributed by atoms with Crippen LogP contribution in [0.15, 0.2) is 22.7 Å². The molecule has 4 nitrogen and oxygen atoms in total. The predicted octanol–water partition coefficient (Wildman–Crippen LogP) is 4.18. The highest BCUT2D eigenvalue weighted by Crippen LogP contribution is 2.23. The van der Waals surface area contributed by atoms with Gasteiger partial charge >= 0.3 is 6.09 Å². The third-order valence-corrected chi connectivity index (χ3v) is 4.24. The number of hydrogen-bond acceptors (Lipinski definition) is 3. The number of anilines is 1. The lowest BCUT2D eigenvalue weighted by Gasteiger charge is -2.24. The van der Waals surface area contributed by atoms with E-state index in [2.05, 4.69) is 46.4 Å². The van der Waals surface area contributed by atoms with Gasteiger partial charge < -0.3 is 15.0 Å². The highest BCUT2D eigenvalue weighted by Gasteiger charge is 2.29. The number of hydrogen-bond donors (Lipinski definition) is 1. The maximum absolute atomic E-state index is 12.0. The van der Waals surface area contributed by atoms with Crippen molar-refractivity contribution in [1.82, 2.24) is 4.90 Å². The predicted molar refractivity (Wildman–Crippen MR) is 88.7 cm³/mol. The van der Waals surface area contributed by atoms with Gasteiger partial charge in [0.15, 0.2) is 0 Å². The van der Waals surface area contributed by atoms with Gasteiger partial charge in [0.25, 0.3) is 0 Å². The van der Waals surface area contributed by atoms with Crippen molar-refractivity contribution < 1.29 is 9.53 Å². The molecule has 116 valence electrons. The van der Waals surface area contributed by atoms with E-state index in [-0.39, 0.29) is 12.1 Å². The smallest absolute Gasteiger partial charge is 0.410 e. The largest absolute Gasteiger partial charge is 0.444 e. The van der Waals surface area contributed by atoms with E-state index in [1.165, 1.54) is 5.56 Å². The monoisotopic (exact) mass is 354 g/mol. The van der Waals surface area contributed by atoms with E-state index < -0.39 is 5.60 Å². The summed E-state index contributed by atoms with van der Waals surface area (Å²) in [6, 6.07) is 6.49. The second-order valence-corrected chi connectivity index (χ2v) is 7.37. The quantitative estimate of drug-likeness (QED) is 0.865. The zero-order chi connectivity index (χ0) is 15.6. The Kier molecular flexibility index (Phi) is 4.81. The Morgan fingerprint density at radius 1 is 1.43 bits per heavy atom. The highest BCUT2D eigenvalue weighted by atomic mass is 79.9. The average molecular weight is 355 g/mol. The van der Waals surface area contributed by atoms with Crippen molar-refractivity contribution in [2.24, 2.45) is 0 Å². The minimum Gasteiger partial charge on any atom is -0.444 e. The molecule has 1 aliphatic rings. The van der Waals surface area contributed by atoms with E-state index in [0.29, 0.717) is 6.54 Å². The molecule has 21 heavy (non-hydrogen) atoms. The Hall–Kier alpha value is -1.23. The van der Waals surface area contributed by atoms with E-state index in [1.807, 2.05) is 20.8 Å². The van der Waals surface area contributed by atoms with E-state index in [0.717, 1.165) is 23.1 Å². The Morgan fingerprint density at radius 3 is 2.76 bits per heavy atom. The van der Waals surface area contributed by atoms with Gasteiger partial charge in [0, 0.05) is 29.3 Å². The summed E-state index contributed by atoms with van der Waals surface area (Å²) in [5.41, 5.74) is 1.84. The van der Waals surface area contributed by atoms with Crippen LogP contribution in [0, 0.1) is 6.92 Å². The Labute approximate surface area is 135 Å². The van der Waals surface area contributed by atoms with E-state index in [9.17, 15) is 4.79 Å². The van der Waals surface area contributed by atoms with Gasteiger partial charge in [-0.25, -0.2) is 4.79 Å². The number of carbonyl (C=O) groups excluding carboxylic acids is 1. The molecule has 1 amide bonds. The van der Waals surface area contributed by atoms with Crippen molar-refractivity contribution in [3.8, 4) is 0 Å². The van der Waals surface area contributed by atoms with Gasteiger partial charge in [0.2, 0.25) is 0 Å². The van der Waals surface area contributed by atoms with Gasteiger partial charge in [0.05, 0.1) is 0 Å². The second kappa shape index (κ2) is 6.26. The number of benzene rings is 1. The third kappa shape index (κ3) is 4.63. The molecule has 1 N–H and O–H groups in total. The summed E-state index contributed by atoms with van der Waals surface area (Å²) in [6.07, 6.45) is 0.710. The zero-order valence-electron chi connectivity index (χ0n) is 13.1. The molecule has 1 aliphatic heterocycles. The summed E-state index contributed by atoms with van der Waals surface area (Å²) >= 11 is 3.54. The van der Waals surface area contributed by atoms with Crippen LogP contribution in [0.4, 0.5) is 10.5 Å². The minimum atomic E-state index is -0.440. The van der Waals surface area contributed by atoms with Crippen molar-refractivity contribution in [3.05, 3.63) is 28.2 Å². The molecule has 1 heterocycles. The molecule has 2 rings (SSSR count). The first-order valence-electron chi connectivity index (χ1n) is 7.25. The maximum atomic E-state index is 12.0. The van der Waals surface area contributed by atoms with Crippen LogP contribution in [-0.2, 0) is 4.74 Å². The Morgan fingerprint density at radius 2 is 2.14 bits per heavy atom. The van der Waals surface area contributed by atoms with Crippen LogP contribution >= 0.6 is 15.9 Å². The van der Waals surface area contributed by atoms with Gasteiger partial charge in [-0.15, -0.1) is 0 Å². The van der Waals surface area contributed by atoms with Crippen LogP contribution in [0.5, 0.6) is 0 Å². The molecule has 0 aliphatic carbocycles. The normalized spacial score (nSPS) is 18.7. The molecule has 0 spiro atoms. The van der Waals surface area contributed by atoms with Gasteiger partial charge in [-0.05, 0) is 51.8 Å². The third-order valence-electron chi connectivity index (χ3n) is 3.38.